The third-order valence-corrected chi connectivity index (χ3v) is 2.67. The Bertz CT molecular complexity index is 347. The molecule has 2 rings (SSSR count). The SMILES string of the molecule is Cc1ccc2c(n1)NC(CC(C)C)CN2. The van der Waals surface area contributed by atoms with E-state index in [1.165, 1.54) is 6.42 Å². The average molecular weight is 205 g/mol. The van der Waals surface area contributed by atoms with Crippen LogP contribution in [0.4, 0.5) is 11.5 Å². The maximum absolute atomic E-state index is 4.50. The maximum atomic E-state index is 4.50. The quantitative estimate of drug-likeness (QED) is 0.779. The van der Waals surface area contributed by atoms with Crippen LogP contribution in [0.25, 0.3) is 0 Å². The monoisotopic (exact) mass is 205 g/mol. The van der Waals surface area contributed by atoms with E-state index in [1.54, 1.807) is 0 Å². The topological polar surface area (TPSA) is 37.0 Å². The van der Waals surface area contributed by atoms with Crippen LogP contribution in [-0.4, -0.2) is 17.6 Å². The first kappa shape index (κ1) is 10.3. The third-order valence-electron chi connectivity index (χ3n) is 2.67. The predicted molar refractivity (Wildman–Crippen MR) is 64.3 cm³/mol. The van der Waals surface area contributed by atoms with Gasteiger partial charge in [-0.15, -0.1) is 0 Å². The van der Waals surface area contributed by atoms with Gasteiger partial charge in [0.15, 0.2) is 0 Å². The molecular weight excluding hydrogens is 186 g/mol. The molecule has 0 aliphatic carbocycles. The summed E-state index contributed by atoms with van der Waals surface area (Å²) < 4.78 is 0. The van der Waals surface area contributed by atoms with Gasteiger partial charge in [-0.05, 0) is 31.4 Å². The highest BCUT2D eigenvalue weighted by molar-refractivity contribution is 5.67. The van der Waals surface area contributed by atoms with Gasteiger partial charge >= 0.3 is 0 Å². The summed E-state index contributed by atoms with van der Waals surface area (Å²) in [7, 11) is 0. The summed E-state index contributed by atoms with van der Waals surface area (Å²) in [5.74, 6) is 1.72. The third kappa shape index (κ3) is 2.41. The van der Waals surface area contributed by atoms with Gasteiger partial charge in [0.2, 0.25) is 0 Å². The van der Waals surface area contributed by atoms with Gasteiger partial charge in [0, 0.05) is 18.3 Å². The molecule has 82 valence electrons. The fourth-order valence-electron chi connectivity index (χ4n) is 2.00. The number of nitrogens with zero attached hydrogens (tertiary/aromatic N) is 1. The van der Waals surface area contributed by atoms with E-state index < -0.39 is 0 Å². The van der Waals surface area contributed by atoms with E-state index in [9.17, 15) is 0 Å². The van der Waals surface area contributed by atoms with Crippen molar-refractivity contribution in [1.82, 2.24) is 4.98 Å². The maximum Gasteiger partial charge on any atom is 0.149 e. The summed E-state index contributed by atoms with van der Waals surface area (Å²) in [6.07, 6.45) is 1.18. The Morgan fingerprint density at radius 2 is 2.27 bits per heavy atom. The van der Waals surface area contributed by atoms with E-state index in [-0.39, 0.29) is 0 Å². The van der Waals surface area contributed by atoms with Gasteiger partial charge in [-0.25, -0.2) is 4.98 Å². The molecule has 0 radical (unpaired) electrons. The molecule has 0 saturated heterocycles. The predicted octanol–water partition coefficient (Wildman–Crippen LogP) is 2.64. The van der Waals surface area contributed by atoms with Crippen molar-refractivity contribution in [1.29, 1.82) is 0 Å². The van der Waals surface area contributed by atoms with Gasteiger partial charge < -0.3 is 10.6 Å². The number of fused-ring (bicyclic) bond motifs is 1. The second-order valence-corrected chi connectivity index (χ2v) is 4.70. The van der Waals surface area contributed by atoms with Crippen LogP contribution in [0, 0.1) is 12.8 Å². The molecule has 0 fully saturated rings. The molecular formula is C12H19N3. The van der Waals surface area contributed by atoms with Crippen LogP contribution < -0.4 is 10.6 Å². The molecule has 0 amide bonds. The number of hydrogen-bond acceptors (Lipinski definition) is 3. The van der Waals surface area contributed by atoms with Gasteiger partial charge in [0.1, 0.15) is 5.82 Å². The molecule has 3 nitrogen and oxygen atoms in total. The van der Waals surface area contributed by atoms with Crippen molar-refractivity contribution in [3.05, 3.63) is 17.8 Å². The Balaban J connectivity index is 2.11. The zero-order valence-corrected chi connectivity index (χ0v) is 9.67. The number of anilines is 2. The van der Waals surface area contributed by atoms with Crippen LogP contribution in [0.3, 0.4) is 0 Å². The molecule has 0 bridgehead atoms. The molecule has 0 spiro atoms. The number of pyridine rings is 1. The van der Waals surface area contributed by atoms with Crippen LogP contribution in [0.5, 0.6) is 0 Å². The number of aromatic nitrogens is 1. The highest BCUT2D eigenvalue weighted by Crippen LogP contribution is 2.25. The van der Waals surface area contributed by atoms with E-state index >= 15 is 0 Å². The highest BCUT2D eigenvalue weighted by Gasteiger charge is 2.18. The number of nitrogens with one attached hydrogen (secondary N) is 2. The average Bonchev–Trinajstić information content (AvgIpc) is 2.16. The van der Waals surface area contributed by atoms with Crippen molar-refractivity contribution in [3.63, 3.8) is 0 Å². The first-order chi connectivity index (χ1) is 7.15. The van der Waals surface area contributed by atoms with Gasteiger partial charge in [-0.2, -0.15) is 0 Å². The Hall–Kier alpha value is -1.25. The number of rotatable bonds is 2. The van der Waals surface area contributed by atoms with Crippen molar-refractivity contribution in [2.24, 2.45) is 5.92 Å². The van der Waals surface area contributed by atoms with Crippen molar-refractivity contribution >= 4 is 11.5 Å². The lowest BCUT2D eigenvalue weighted by atomic mass is 10.0. The molecule has 0 aromatic carbocycles. The summed E-state index contributed by atoms with van der Waals surface area (Å²) in [5, 5.41) is 6.92. The summed E-state index contributed by atoms with van der Waals surface area (Å²) in [5.41, 5.74) is 2.19. The Kier molecular flexibility index (Phi) is 2.80. The molecule has 2 N–H and O–H groups in total. The minimum atomic E-state index is 0.506. The fourth-order valence-corrected chi connectivity index (χ4v) is 2.00. The lowest BCUT2D eigenvalue weighted by Gasteiger charge is -2.28. The molecule has 1 atom stereocenters. The minimum Gasteiger partial charge on any atom is -0.380 e. The van der Waals surface area contributed by atoms with Crippen LogP contribution in [0.2, 0.25) is 0 Å². The number of aryl methyl sites for hydroxylation is 1. The fraction of sp³-hybridized carbons (Fsp3) is 0.583. The van der Waals surface area contributed by atoms with Crippen LogP contribution >= 0.6 is 0 Å². The van der Waals surface area contributed by atoms with Gasteiger partial charge in [-0.1, -0.05) is 13.8 Å². The lowest BCUT2D eigenvalue weighted by molar-refractivity contribution is 0.524. The van der Waals surface area contributed by atoms with Crippen molar-refractivity contribution in [2.75, 3.05) is 17.2 Å². The van der Waals surface area contributed by atoms with Gasteiger partial charge in [-0.3, -0.25) is 0 Å². The van der Waals surface area contributed by atoms with E-state index in [0.717, 1.165) is 29.7 Å². The summed E-state index contributed by atoms with van der Waals surface area (Å²) in [6, 6.07) is 4.64. The Labute approximate surface area is 91.3 Å². The summed E-state index contributed by atoms with van der Waals surface area (Å²) >= 11 is 0. The molecule has 1 unspecified atom stereocenters. The second-order valence-electron chi connectivity index (χ2n) is 4.70. The smallest absolute Gasteiger partial charge is 0.149 e. The van der Waals surface area contributed by atoms with Crippen LogP contribution in [0.15, 0.2) is 12.1 Å². The van der Waals surface area contributed by atoms with E-state index in [0.29, 0.717) is 6.04 Å². The summed E-state index contributed by atoms with van der Waals surface area (Å²) in [4.78, 5) is 4.50. The molecule has 1 aliphatic rings. The minimum absolute atomic E-state index is 0.506. The number of hydrogen-bond donors (Lipinski definition) is 2. The van der Waals surface area contributed by atoms with Crippen molar-refractivity contribution in [3.8, 4) is 0 Å². The summed E-state index contributed by atoms with van der Waals surface area (Å²) in [6.45, 7) is 7.52. The lowest BCUT2D eigenvalue weighted by Crippen LogP contribution is -2.34. The first-order valence-corrected chi connectivity index (χ1v) is 5.63. The van der Waals surface area contributed by atoms with Crippen molar-refractivity contribution in [2.45, 2.75) is 33.2 Å². The van der Waals surface area contributed by atoms with Crippen LogP contribution in [0.1, 0.15) is 26.0 Å². The molecule has 0 saturated carbocycles. The Morgan fingerprint density at radius 3 is 3.00 bits per heavy atom. The molecule has 1 aromatic rings. The standard InChI is InChI=1S/C12H19N3/c1-8(2)6-10-7-13-11-5-4-9(3)14-12(11)15-10/h4-5,8,10,13H,6-7H2,1-3H3,(H,14,15). The zero-order chi connectivity index (χ0) is 10.8. The molecule has 2 heterocycles. The molecule has 1 aliphatic heterocycles. The van der Waals surface area contributed by atoms with E-state index in [4.69, 9.17) is 0 Å². The Morgan fingerprint density at radius 1 is 1.47 bits per heavy atom. The van der Waals surface area contributed by atoms with Crippen molar-refractivity contribution < 1.29 is 0 Å². The molecule has 1 aromatic heterocycles. The highest BCUT2D eigenvalue weighted by atomic mass is 15.1. The van der Waals surface area contributed by atoms with Gasteiger partial charge in [0.05, 0.1) is 5.69 Å². The zero-order valence-electron chi connectivity index (χ0n) is 9.67. The normalized spacial score (nSPS) is 19.3. The molecule has 15 heavy (non-hydrogen) atoms. The largest absolute Gasteiger partial charge is 0.380 e. The van der Waals surface area contributed by atoms with E-state index in [1.807, 2.05) is 13.0 Å². The van der Waals surface area contributed by atoms with Crippen LogP contribution in [-0.2, 0) is 0 Å². The first-order valence-electron chi connectivity index (χ1n) is 5.63. The van der Waals surface area contributed by atoms with Gasteiger partial charge in [0.25, 0.3) is 0 Å². The van der Waals surface area contributed by atoms with E-state index in [2.05, 4.69) is 35.5 Å². The second kappa shape index (κ2) is 4.09. The molecule has 3 heteroatoms.